The van der Waals surface area contributed by atoms with E-state index in [4.69, 9.17) is 21.4 Å². The smallest absolute Gasteiger partial charge is 0.323 e. The standard InChI is InChI=1S/C31H28ClN5O2/c1-3-39-28-14-8-7-12-26(28)33-31(38)36-20-25-21(2)34-37(24-10-5-4-6-11-24)30(25)35-19-9-13-27(35)29(36)22-15-17-23(32)18-16-22/h4-19,29H,3,20H2,1-2H3,(H,33,38)/t29-/m1/s1. The molecule has 0 spiro atoms. The molecule has 5 aromatic rings. The molecular weight excluding hydrogens is 510 g/mol. The maximum Gasteiger partial charge on any atom is 0.323 e. The van der Waals surface area contributed by atoms with Crippen LogP contribution in [-0.2, 0) is 6.54 Å². The molecule has 6 rings (SSSR count). The lowest BCUT2D eigenvalue weighted by Gasteiger charge is -2.31. The van der Waals surface area contributed by atoms with E-state index in [1.165, 1.54) is 0 Å². The van der Waals surface area contributed by atoms with Gasteiger partial charge >= 0.3 is 6.03 Å². The average Bonchev–Trinajstić information content (AvgIpc) is 3.51. The fraction of sp³-hybridized carbons (Fsp3) is 0.161. The molecule has 1 aliphatic heterocycles. The highest BCUT2D eigenvalue weighted by atomic mass is 35.5. The molecule has 0 saturated carbocycles. The number of nitrogens with one attached hydrogen (secondary N) is 1. The molecule has 0 radical (unpaired) electrons. The molecule has 0 saturated heterocycles. The van der Waals surface area contributed by atoms with Crippen molar-refractivity contribution >= 4 is 23.3 Å². The molecule has 39 heavy (non-hydrogen) atoms. The van der Waals surface area contributed by atoms with Gasteiger partial charge in [-0.25, -0.2) is 9.48 Å². The van der Waals surface area contributed by atoms with Crippen LogP contribution in [0.15, 0.2) is 97.2 Å². The number of anilines is 1. The zero-order valence-corrected chi connectivity index (χ0v) is 22.5. The first-order valence-electron chi connectivity index (χ1n) is 12.9. The minimum absolute atomic E-state index is 0.241. The zero-order valence-electron chi connectivity index (χ0n) is 21.7. The predicted molar refractivity (Wildman–Crippen MR) is 153 cm³/mol. The van der Waals surface area contributed by atoms with Gasteiger partial charge in [0.05, 0.1) is 42.0 Å². The van der Waals surface area contributed by atoms with E-state index in [2.05, 4.69) is 16.0 Å². The molecule has 8 heteroatoms. The van der Waals surface area contributed by atoms with Crippen molar-refractivity contribution in [3.8, 4) is 17.3 Å². The zero-order chi connectivity index (χ0) is 26.9. The summed E-state index contributed by atoms with van der Waals surface area (Å²) in [7, 11) is 0. The summed E-state index contributed by atoms with van der Waals surface area (Å²) >= 11 is 6.26. The van der Waals surface area contributed by atoms with Crippen molar-refractivity contribution in [1.29, 1.82) is 0 Å². The van der Waals surface area contributed by atoms with E-state index < -0.39 is 0 Å². The van der Waals surface area contributed by atoms with Crippen molar-refractivity contribution < 1.29 is 9.53 Å². The Labute approximate surface area is 232 Å². The Balaban J connectivity index is 1.51. The number of fused-ring (bicyclic) bond motifs is 3. The summed E-state index contributed by atoms with van der Waals surface area (Å²) in [6.45, 7) is 4.77. The van der Waals surface area contributed by atoms with Crippen LogP contribution in [0, 0.1) is 6.92 Å². The number of urea groups is 1. The lowest BCUT2D eigenvalue weighted by atomic mass is 10.0. The molecule has 0 bridgehead atoms. The van der Waals surface area contributed by atoms with Gasteiger partial charge in [0, 0.05) is 16.8 Å². The summed E-state index contributed by atoms with van der Waals surface area (Å²) in [6, 6.07) is 28.7. The quantitative estimate of drug-likeness (QED) is 0.259. The average molecular weight is 538 g/mol. The second-order valence-electron chi connectivity index (χ2n) is 9.38. The molecule has 0 unspecified atom stereocenters. The summed E-state index contributed by atoms with van der Waals surface area (Å²) in [5.74, 6) is 1.55. The first-order chi connectivity index (χ1) is 19.0. The van der Waals surface area contributed by atoms with Gasteiger partial charge in [-0.1, -0.05) is 54.1 Å². The first kappa shape index (κ1) is 24.8. The number of rotatable bonds is 5. The number of para-hydroxylation sites is 3. The molecule has 2 amide bonds. The summed E-state index contributed by atoms with van der Waals surface area (Å²) in [6.07, 6.45) is 2.03. The summed E-state index contributed by atoms with van der Waals surface area (Å²) in [4.78, 5) is 16.0. The van der Waals surface area contributed by atoms with Crippen molar-refractivity contribution in [3.63, 3.8) is 0 Å². The van der Waals surface area contributed by atoms with Crippen LogP contribution in [0.4, 0.5) is 10.5 Å². The van der Waals surface area contributed by atoms with E-state index >= 15 is 0 Å². The highest BCUT2D eigenvalue weighted by Gasteiger charge is 2.36. The Morgan fingerprint density at radius 2 is 1.74 bits per heavy atom. The predicted octanol–water partition coefficient (Wildman–Crippen LogP) is 7.16. The van der Waals surface area contributed by atoms with Gasteiger partial charge in [0.25, 0.3) is 0 Å². The molecule has 1 aliphatic rings. The second kappa shape index (κ2) is 10.3. The number of aromatic nitrogens is 3. The van der Waals surface area contributed by atoms with E-state index in [9.17, 15) is 4.79 Å². The fourth-order valence-corrected chi connectivity index (χ4v) is 5.31. The number of carbonyl (C=O) groups is 1. The van der Waals surface area contributed by atoms with E-state index in [1.807, 2.05) is 115 Å². The Kier molecular flexibility index (Phi) is 6.59. The number of ether oxygens (including phenoxy) is 1. The fourth-order valence-electron chi connectivity index (χ4n) is 5.18. The Bertz CT molecular complexity index is 1620. The summed E-state index contributed by atoms with van der Waals surface area (Å²) in [5, 5.41) is 8.67. The van der Waals surface area contributed by atoms with Crippen LogP contribution in [-0.4, -0.2) is 31.9 Å². The van der Waals surface area contributed by atoms with Crippen molar-refractivity contribution in [3.05, 3.63) is 125 Å². The number of hydrogen-bond acceptors (Lipinski definition) is 3. The largest absolute Gasteiger partial charge is 0.492 e. The van der Waals surface area contributed by atoms with Gasteiger partial charge in [0.1, 0.15) is 11.6 Å². The SMILES string of the molecule is CCOc1ccccc1NC(=O)N1Cc2c(C)nn(-c3ccccc3)c2-n2cccc2[C@H]1c1ccc(Cl)cc1. The van der Waals surface area contributed by atoms with Gasteiger partial charge in [0.15, 0.2) is 0 Å². The van der Waals surface area contributed by atoms with Crippen LogP contribution < -0.4 is 10.1 Å². The van der Waals surface area contributed by atoms with Crippen LogP contribution >= 0.6 is 11.6 Å². The van der Waals surface area contributed by atoms with Gasteiger partial charge < -0.3 is 19.5 Å². The molecular formula is C31H28ClN5O2. The maximum atomic E-state index is 14.2. The van der Waals surface area contributed by atoms with Gasteiger partial charge in [-0.05, 0) is 67.9 Å². The van der Waals surface area contributed by atoms with Crippen molar-refractivity contribution in [2.45, 2.75) is 26.4 Å². The molecule has 0 fully saturated rings. The van der Waals surface area contributed by atoms with Crippen LogP contribution in [0.2, 0.25) is 5.02 Å². The minimum atomic E-state index is -0.382. The third-order valence-corrected chi connectivity index (χ3v) is 7.21. The monoisotopic (exact) mass is 537 g/mol. The van der Waals surface area contributed by atoms with E-state index in [-0.39, 0.29) is 12.1 Å². The van der Waals surface area contributed by atoms with Gasteiger partial charge in [-0.2, -0.15) is 5.10 Å². The van der Waals surface area contributed by atoms with Crippen LogP contribution in [0.25, 0.3) is 11.5 Å². The van der Waals surface area contributed by atoms with Crippen molar-refractivity contribution in [1.82, 2.24) is 19.2 Å². The summed E-state index contributed by atoms with van der Waals surface area (Å²) in [5.41, 5.74) is 5.30. The highest BCUT2D eigenvalue weighted by Crippen LogP contribution is 2.39. The molecule has 2 aromatic heterocycles. The molecule has 0 aliphatic carbocycles. The molecule has 7 nitrogen and oxygen atoms in total. The first-order valence-corrected chi connectivity index (χ1v) is 13.3. The number of carbonyl (C=O) groups excluding carboxylic acids is 1. The number of amides is 2. The van der Waals surface area contributed by atoms with E-state index in [0.29, 0.717) is 29.6 Å². The Hall–Kier alpha value is -4.49. The van der Waals surface area contributed by atoms with Crippen LogP contribution in [0.5, 0.6) is 5.75 Å². The molecule has 196 valence electrons. The minimum Gasteiger partial charge on any atom is -0.492 e. The third kappa shape index (κ3) is 4.55. The highest BCUT2D eigenvalue weighted by molar-refractivity contribution is 6.30. The number of aryl methyl sites for hydroxylation is 1. The van der Waals surface area contributed by atoms with E-state index in [1.54, 1.807) is 0 Å². The third-order valence-electron chi connectivity index (χ3n) is 6.96. The van der Waals surface area contributed by atoms with Crippen LogP contribution in [0.3, 0.4) is 0 Å². The number of nitrogens with zero attached hydrogens (tertiary/aromatic N) is 4. The Morgan fingerprint density at radius 3 is 2.51 bits per heavy atom. The number of benzene rings is 3. The Morgan fingerprint density at radius 1 is 1.00 bits per heavy atom. The maximum absolute atomic E-state index is 14.2. The molecule has 3 heterocycles. The number of halogens is 1. The van der Waals surface area contributed by atoms with Gasteiger partial charge in [0.2, 0.25) is 0 Å². The molecule has 3 aromatic carbocycles. The second-order valence-corrected chi connectivity index (χ2v) is 9.82. The summed E-state index contributed by atoms with van der Waals surface area (Å²) < 4.78 is 9.88. The topological polar surface area (TPSA) is 64.3 Å². The number of hydrogen-bond donors (Lipinski definition) is 1. The van der Waals surface area contributed by atoms with Gasteiger partial charge in [-0.15, -0.1) is 0 Å². The lowest BCUT2D eigenvalue weighted by Crippen LogP contribution is -2.38. The van der Waals surface area contributed by atoms with E-state index in [0.717, 1.165) is 34.0 Å². The molecule has 1 N–H and O–H groups in total. The van der Waals surface area contributed by atoms with Gasteiger partial charge in [-0.3, -0.25) is 0 Å². The normalized spacial score (nSPS) is 14.3. The van der Waals surface area contributed by atoms with Crippen molar-refractivity contribution in [2.24, 2.45) is 0 Å². The van der Waals surface area contributed by atoms with Crippen LogP contribution in [0.1, 0.15) is 35.5 Å². The molecule has 1 atom stereocenters. The lowest BCUT2D eigenvalue weighted by molar-refractivity contribution is 0.194. The van der Waals surface area contributed by atoms with Crippen molar-refractivity contribution in [2.75, 3.05) is 11.9 Å².